The molecule has 0 radical (unpaired) electrons. The number of hydrogen-bond acceptors (Lipinski definition) is 2. The van der Waals surface area contributed by atoms with Crippen molar-refractivity contribution in [1.82, 2.24) is 9.80 Å². The third-order valence-corrected chi connectivity index (χ3v) is 3.78. The third-order valence-electron chi connectivity index (χ3n) is 3.78. The molecule has 0 amide bonds. The van der Waals surface area contributed by atoms with Gasteiger partial charge in [0.05, 0.1) is 6.04 Å². The van der Waals surface area contributed by atoms with Crippen LogP contribution in [0.25, 0.3) is 0 Å². The highest BCUT2D eigenvalue weighted by Gasteiger charge is 2.25. The van der Waals surface area contributed by atoms with Gasteiger partial charge in [-0.3, -0.25) is 0 Å². The highest BCUT2D eigenvalue weighted by atomic mass is 15.3. The Morgan fingerprint density at radius 3 is 2.44 bits per heavy atom. The van der Waals surface area contributed by atoms with Gasteiger partial charge in [0.1, 0.15) is 0 Å². The van der Waals surface area contributed by atoms with E-state index in [0.717, 1.165) is 5.96 Å². The van der Waals surface area contributed by atoms with E-state index in [1.54, 1.807) is 0 Å². The maximum absolute atomic E-state index is 6.02. The van der Waals surface area contributed by atoms with Crippen molar-refractivity contribution in [1.29, 1.82) is 0 Å². The van der Waals surface area contributed by atoms with Gasteiger partial charge in [0.2, 0.25) is 0 Å². The number of rotatable bonds is 3. The highest BCUT2D eigenvalue weighted by Crippen LogP contribution is 2.24. The zero-order valence-electron chi connectivity index (χ0n) is 10.5. The van der Waals surface area contributed by atoms with E-state index in [-0.39, 0.29) is 0 Å². The fraction of sp³-hybridized carbons (Fsp3) is 0.917. The van der Waals surface area contributed by atoms with Crippen molar-refractivity contribution in [2.24, 2.45) is 10.7 Å². The van der Waals surface area contributed by atoms with Crippen molar-refractivity contribution >= 4 is 5.96 Å². The van der Waals surface area contributed by atoms with Crippen LogP contribution in [0.2, 0.25) is 0 Å². The van der Waals surface area contributed by atoms with Gasteiger partial charge in [-0.1, -0.05) is 6.92 Å². The lowest BCUT2D eigenvalue weighted by atomic mass is 10.0. The van der Waals surface area contributed by atoms with Gasteiger partial charge in [-0.05, 0) is 32.2 Å². The predicted molar refractivity (Wildman–Crippen MR) is 67.5 cm³/mol. The van der Waals surface area contributed by atoms with E-state index in [4.69, 9.17) is 5.73 Å². The Hall–Kier alpha value is -0.770. The minimum Gasteiger partial charge on any atom is -0.370 e. The molecular weight excluding hydrogens is 200 g/mol. The number of guanidine groups is 1. The molecule has 4 heteroatoms. The monoisotopic (exact) mass is 224 g/mol. The van der Waals surface area contributed by atoms with Crippen molar-refractivity contribution in [3.63, 3.8) is 0 Å². The van der Waals surface area contributed by atoms with Crippen LogP contribution in [-0.4, -0.2) is 54.5 Å². The minimum atomic E-state index is 0.526. The van der Waals surface area contributed by atoms with Crippen LogP contribution in [-0.2, 0) is 0 Å². The molecule has 0 atom stereocenters. The Kier molecular flexibility index (Phi) is 3.69. The summed E-state index contributed by atoms with van der Waals surface area (Å²) in [4.78, 5) is 9.19. The predicted octanol–water partition coefficient (Wildman–Crippen LogP) is 0.880. The molecule has 0 bridgehead atoms. The molecular formula is C12H24N4. The van der Waals surface area contributed by atoms with E-state index >= 15 is 0 Å². The van der Waals surface area contributed by atoms with E-state index in [1.807, 2.05) is 0 Å². The SMILES string of the molecule is CCN1CCC(N(C)C(N)=NC2CC2)CC1. The number of likely N-dealkylation sites (tertiary alicyclic amines) is 1. The van der Waals surface area contributed by atoms with E-state index < -0.39 is 0 Å². The maximum atomic E-state index is 6.02. The molecule has 2 fully saturated rings. The average Bonchev–Trinajstić information content (AvgIpc) is 3.12. The molecule has 1 aliphatic carbocycles. The normalized spacial score (nSPS) is 24.8. The van der Waals surface area contributed by atoms with Crippen molar-refractivity contribution in [3.05, 3.63) is 0 Å². The lowest BCUT2D eigenvalue weighted by molar-refractivity contribution is 0.171. The fourth-order valence-electron chi connectivity index (χ4n) is 2.29. The van der Waals surface area contributed by atoms with E-state index in [2.05, 4.69) is 28.8 Å². The van der Waals surface area contributed by atoms with Crippen LogP contribution < -0.4 is 5.73 Å². The quantitative estimate of drug-likeness (QED) is 0.572. The molecule has 1 saturated carbocycles. The minimum absolute atomic E-state index is 0.526. The lowest BCUT2D eigenvalue weighted by Gasteiger charge is -2.36. The molecule has 0 aromatic rings. The first kappa shape index (κ1) is 11.7. The van der Waals surface area contributed by atoms with Crippen LogP contribution in [0.15, 0.2) is 4.99 Å². The molecule has 2 rings (SSSR count). The fourth-order valence-corrected chi connectivity index (χ4v) is 2.29. The number of nitrogens with two attached hydrogens (primary N) is 1. The molecule has 16 heavy (non-hydrogen) atoms. The van der Waals surface area contributed by atoms with Crippen molar-refractivity contribution in [2.75, 3.05) is 26.7 Å². The molecule has 1 aliphatic heterocycles. The molecule has 0 aromatic heterocycles. The summed E-state index contributed by atoms with van der Waals surface area (Å²) in [6.07, 6.45) is 4.88. The number of aliphatic imine (C=N–C) groups is 1. The Bertz CT molecular complexity index is 252. The Balaban J connectivity index is 1.83. The first-order chi connectivity index (χ1) is 7.70. The summed E-state index contributed by atoms with van der Waals surface area (Å²) < 4.78 is 0. The summed E-state index contributed by atoms with van der Waals surface area (Å²) in [7, 11) is 2.09. The molecule has 2 N–H and O–H groups in total. The largest absolute Gasteiger partial charge is 0.370 e. The van der Waals surface area contributed by atoms with Gasteiger partial charge in [0, 0.05) is 26.2 Å². The van der Waals surface area contributed by atoms with Gasteiger partial charge in [-0.2, -0.15) is 0 Å². The Labute approximate surface area is 98.5 Å². The van der Waals surface area contributed by atoms with E-state index in [1.165, 1.54) is 45.3 Å². The first-order valence-electron chi connectivity index (χ1n) is 6.49. The van der Waals surface area contributed by atoms with Gasteiger partial charge < -0.3 is 15.5 Å². The summed E-state index contributed by atoms with van der Waals surface area (Å²) in [6, 6.07) is 1.11. The smallest absolute Gasteiger partial charge is 0.191 e. The molecule has 0 unspecified atom stereocenters. The maximum Gasteiger partial charge on any atom is 0.191 e. The molecule has 92 valence electrons. The molecule has 2 aliphatic rings. The molecule has 0 aromatic carbocycles. The summed E-state index contributed by atoms with van der Waals surface area (Å²) >= 11 is 0. The second kappa shape index (κ2) is 5.04. The second-order valence-electron chi connectivity index (χ2n) is 4.99. The van der Waals surface area contributed by atoms with Gasteiger partial charge in [0.25, 0.3) is 0 Å². The zero-order valence-corrected chi connectivity index (χ0v) is 10.5. The van der Waals surface area contributed by atoms with Crippen molar-refractivity contribution in [3.8, 4) is 0 Å². The molecule has 1 saturated heterocycles. The van der Waals surface area contributed by atoms with Crippen LogP contribution in [0.1, 0.15) is 32.6 Å². The highest BCUT2D eigenvalue weighted by molar-refractivity contribution is 5.78. The van der Waals surface area contributed by atoms with Crippen LogP contribution in [0.4, 0.5) is 0 Å². The number of nitrogens with zero attached hydrogens (tertiary/aromatic N) is 3. The van der Waals surface area contributed by atoms with E-state index in [0.29, 0.717) is 12.1 Å². The molecule has 4 nitrogen and oxygen atoms in total. The van der Waals surface area contributed by atoms with Gasteiger partial charge in [-0.15, -0.1) is 0 Å². The van der Waals surface area contributed by atoms with Crippen LogP contribution >= 0.6 is 0 Å². The van der Waals surface area contributed by atoms with Gasteiger partial charge >= 0.3 is 0 Å². The number of piperidine rings is 1. The second-order valence-corrected chi connectivity index (χ2v) is 4.99. The summed E-state index contributed by atoms with van der Waals surface area (Å²) in [5.74, 6) is 0.748. The Morgan fingerprint density at radius 1 is 1.31 bits per heavy atom. The van der Waals surface area contributed by atoms with Gasteiger partial charge in [0.15, 0.2) is 5.96 Å². The zero-order chi connectivity index (χ0) is 11.5. The lowest BCUT2D eigenvalue weighted by Crippen LogP contribution is -2.48. The van der Waals surface area contributed by atoms with Crippen molar-refractivity contribution in [2.45, 2.75) is 44.7 Å². The van der Waals surface area contributed by atoms with Crippen molar-refractivity contribution < 1.29 is 0 Å². The Morgan fingerprint density at radius 2 is 1.94 bits per heavy atom. The number of hydrogen-bond donors (Lipinski definition) is 1. The van der Waals surface area contributed by atoms with E-state index in [9.17, 15) is 0 Å². The van der Waals surface area contributed by atoms with Crippen LogP contribution in [0.3, 0.4) is 0 Å². The van der Waals surface area contributed by atoms with Gasteiger partial charge in [-0.25, -0.2) is 4.99 Å². The van der Waals surface area contributed by atoms with Crippen LogP contribution in [0.5, 0.6) is 0 Å². The topological polar surface area (TPSA) is 44.9 Å². The first-order valence-corrected chi connectivity index (χ1v) is 6.49. The summed E-state index contributed by atoms with van der Waals surface area (Å²) in [6.45, 7) is 5.79. The summed E-state index contributed by atoms with van der Waals surface area (Å²) in [5, 5.41) is 0. The standard InChI is InChI=1S/C12H24N4/c1-3-16-8-6-11(7-9-16)15(2)12(13)14-10-4-5-10/h10-11H,3-9H2,1-2H3,(H2,13,14). The molecule has 0 spiro atoms. The molecule has 1 heterocycles. The van der Waals surface area contributed by atoms with Crippen LogP contribution in [0, 0.1) is 0 Å². The third kappa shape index (κ3) is 2.88. The average molecular weight is 224 g/mol. The summed E-state index contributed by atoms with van der Waals surface area (Å²) in [5.41, 5.74) is 6.02.